The number of aryl methyl sites for hydroxylation is 2. The van der Waals surface area contributed by atoms with Gasteiger partial charge in [-0.15, -0.1) is 0 Å². The molecule has 0 spiro atoms. The van der Waals surface area contributed by atoms with E-state index >= 15 is 0 Å². The van der Waals surface area contributed by atoms with Gasteiger partial charge in [-0.2, -0.15) is 16.4 Å². The Labute approximate surface area is 156 Å². The van der Waals surface area contributed by atoms with Gasteiger partial charge in [0.2, 0.25) is 0 Å². The number of urea groups is 1. The van der Waals surface area contributed by atoms with Crippen molar-refractivity contribution in [1.29, 1.82) is 0 Å². The van der Waals surface area contributed by atoms with Crippen molar-refractivity contribution in [3.8, 4) is 0 Å². The zero-order valence-electron chi connectivity index (χ0n) is 15.0. The summed E-state index contributed by atoms with van der Waals surface area (Å²) in [6, 6.07) is 4.03. The highest BCUT2D eigenvalue weighted by molar-refractivity contribution is 7.07. The van der Waals surface area contributed by atoms with E-state index < -0.39 is 0 Å². The summed E-state index contributed by atoms with van der Waals surface area (Å²) in [7, 11) is 1.87. The Hall–Kier alpha value is -2.45. The third kappa shape index (κ3) is 3.42. The highest BCUT2D eigenvalue weighted by Crippen LogP contribution is 2.20. The Kier molecular flexibility index (Phi) is 4.60. The van der Waals surface area contributed by atoms with Gasteiger partial charge in [0.25, 0.3) is 0 Å². The topological polar surface area (TPSA) is 66.3 Å². The molecule has 0 bridgehead atoms. The number of piperazine rings is 1. The number of thiophene rings is 1. The standard InChI is InChI=1S/C18H22N6OS/c1-13-16-9-15(10-19-17(16)22(2)21-13)20-18(25)24-6-4-23(5-7-24)11-14-3-8-26-12-14/h3,8-10,12H,4-7,11H2,1-2H3,(H,20,25). The number of hydrogen-bond acceptors (Lipinski definition) is 5. The van der Waals surface area contributed by atoms with E-state index in [4.69, 9.17) is 0 Å². The van der Waals surface area contributed by atoms with Gasteiger partial charge >= 0.3 is 6.03 Å². The third-order valence-corrected chi connectivity index (χ3v) is 5.49. The van der Waals surface area contributed by atoms with Gasteiger partial charge in [-0.1, -0.05) is 0 Å². The number of aromatic nitrogens is 3. The molecule has 1 aliphatic heterocycles. The molecule has 1 N–H and O–H groups in total. The van der Waals surface area contributed by atoms with E-state index in [1.165, 1.54) is 5.56 Å². The number of anilines is 1. The van der Waals surface area contributed by atoms with Gasteiger partial charge in [0, 0.05) is 45.2 Å². The number of fused-ring (bicyclic) bond motifs is 1. The second-order valence-corrected chi connectivity index (χ2v) is 7.41. The molecule has 136 valence electrons. The summed E-state index contributed by atoms with van der Waals surface area (Å²) >= 11 is 1.72. The predicted octanol–water partition coefficient (Wildman–Crippen LogP) is 2.69. The summed E-state index contributed by atoms with van der Waals surface area (Å²) in [4.78, 5) is 21.2. The fourth-order valence-electron chi connectivity index (χ4n) is 3.33. The van der Waals surface area contributed by atoms with Gasteiger partial charge in [0.1, 0.15) is 0 Å². The Morgan fingerprint density at radius 3 is 2.85 bits per heavy atom. The molecule has 1 fully saturated rings. The first-order valence-electron chi connectivity index (χ1n) is 8.69. The van der Waals surface area contributed by atoms with Gasteiger partial charge < -0.3 is 10.2 Å². The van der Waals surface area contributed by atoms with Crippen molar-refractivity contribution in [2.24, 2.45) is 7.05 Å². The summed E-state index contributed by atoms with van der Waals surface area (Å²) in [5.41, 5.74) is 3.79. The number of nitrogens with one attached hydrogen (secondary N) is 1. The van der Waals surface area contributed by atoms with E-state index in [1.54, 1.807) is 22.2 Å². The summed E-state index contributed by atoms with van der Waals surface area (Å²) in [6.45, 7) is 6.15. The molecule has 1 aliphatic rings. The minimum absolute atomic E-state index is 0.0668. The van der Waals surface area contributed by atoms with Crippen molar-refractivity contribution in [3.05, 3.63) is 40.3 Å². The Bertz CT molecular complexity index is 911. The fourth-order valence-corrected chi connectivity index (χ4v) is 3.99. The largest absolute Gasteiger partial charge is 0.322 e. The molecule has 7 nitrogen and oxygen atoms in total. The first-order chi connectivity index (χ1) is 12.6. The summed E-state index contributed by atoms with van der Waals surface area (Å²) in [6.07, 6.45) is 1.69. The highest BCUT2D eigenvalue weighted by atomic mass is 32.1. The number of hydrogen-bond donors (Lipinski definition) is 1. The zero-order chi connectivity index (χ0) is 18.1. The lowest BCUT2D eigenvalue weighted by molar-refractivity contribution is 0.143. The first kappa shape index (κ1) is 17.0. The van der Waals surface area contributed by atoms with Crippen molar-refractivity contribution < 1.29 is 4.79 Å². The number of rotatable bonds is 3. The minimum Gasteiger partial charge on any atom is -0.322 e. The van der Waals surface area contributed by atoms with E-state index in [1.807, 2.05) is 24.9 Å². The second kappa shape index (κ2) is 7.05. The monoisotopic (exact) mass is 370 g/mol. The summed E-state index contributed by atoms with van der Waals surface area (Å²) in [5, 5.41) is 12.6. The van der Waals surface area contributed by atoms with Crippen molar-refractivity contribution in [1.82, 2.24) is 24.6 Å². The quantitative estimate of drug-likeness (QED) is 0.770. The number of pyridine rings is 1. The van der Waals surface area contributed by atoms with Crippen molar-refractivity contribution in [2.45, 2.75) is 13.5 Å². The van der Waals surface area contributed by atoms with Crippen molar-refractivity contribution in [2.75, 3.05) is 31.5 Å². The summed E-state index contributed by atoms with van der Waals surface area (Å²) < 4.78 is 1.75. The molecular weight excluding hydrogens is 348 g/mol. The molecular formula is C18H22N6OS. The van der Waals surface area contributed by atoms with E-state index in [0.29, 0.717) is 5.69 Å². The van der Waals surface area contributed by atoms with Crippen LogP contribution in [0, 0.1) is 6.92 Å². The maximum Gasteiger partial charge on any atom is 0.321 e. The molecule has 0 aromatic carbocycles. The van der Waals surface area contributed by atoms with Crippen LogP contribution in [0.3, 0.4) is 0 Å². The van der Waals surface area contributed by atoms with Gasteiger partial charge in [0.15, 0.2) is 5.65 Å². The normalized spacial score (nSPS) is 15.5. The lowest BCUT2D eigenvalue weighted by Gasteiger charge is -2.34. The van der Waals surface area contributed by atoms with Gasteiger partial charge in [0.05, 0.1) is 17.6 Å². The molecule has 26 heavy (non-hydrogen) atoms. The number of carbonyl (C=O) groups excluding carboxylic acids is 1. The molecule has 8 heteroatoms. The summed E-state index contributed by atoms with van der Waals surface area (Å²) in [5.74, 6) is 0. The van der Waals surface area contributed by atoms with Gasteiger partial charge in [-0.25, -0.2) is 9.78 Å². The van der Waals surface area contributed by atoms with Crippen LogP contribution < -0.4 is 5.32 Å². The smallest absolute Gasteiger partial charge is 0.321 e. The van der Waals surface area contributed by atoms with Crippen molar-refractivity contribution >= 4 is 34.1 Å². The van der Waals surface area contributed by atoms with E-state index in [9.17, 15) is 4.79 Å². The fraction of sp³-hybridized carbons (Fsp3) is 0.389. The molecule has 0 unspecified atom stereocenters. The lowest BCUT2D eigenvalue weighted by Crippen LogP contribution is -2.49. The van der Waals surface area contributed by atoms with Crippen LogP contribution in [0.1, 0.15) is 11.3 Å². The lowest BCUT2D eigenvalue weighted by atomic mass is 10.2. The molecule has 4 rings (SSSR count). The molecule has 0 saturated carbocycles. The van der Waals surface area contributed by atoms with Crippen LogP contribution in [0.15, 0.2) is 29.1 Å². The second-order valence-electron chi connectivity index (χ2n) is 6.63. The first-order valence-corrected chi connectivity index (χ1v) is 9.63. The van der Waals surface area contributed by atoms with E-state index in [-0.39, 0.29) is 6.03 Å². The van der Waals surface area contributed by atoms with Crippen molar-refractivity contribution in [3.63, 3.8) is 0 Å². The molecule has 2 amide bonds. The SMILES string of the molecule is Cc1nn(C)c2ncc(NC(=O)N3CCN(Cc4ccsc4)CC3)cc12. The highest BCUT2D eigenvalue weighted by Gasteiger charge is 2.21. The van der Waals surface area contributed by atoms with Crippen LogP contribution in [-0.2, 0) is 13.6 Å². The van der Waals surface area contributed by atoms with Crippen LogP contribution in [0.25, 0.3) is 11.0 Å². The maximum atomic E-state index is 12.6. The van der Waals surface area contributed by atoms with Crippen LogP contribution in [0.5, 0.6) is 0 Å². The Morgan fingerprint density at radius 2 is 2.12 bits per heavy atom. The Balaban J connectivity index is 1.36. The molecule has 1 saturated heterocycles. The molecule has 4 heterocycles. The van der Waals surface area contributed by atoms with E-state index in [2.05, 4.69) is 37.1 Å². The number of amides is 2. The predicted molar refractivity (Wildman–Crippen MR) is 103 cm³/mol. The maximum absolute atomic E-state index is 12.6. The number of nitrogens with zero attached hydrogens (tertiary/aromatic N) is 5. The zero-order valence-corrected chi connectivity index (χ0v) is 15.8. The molecule has 0 radical (unpaired) electrons. The molecule has 0 aliphatic carbocycles. The van der Waals surface area contributed by atoms with Crippen LogP contribution in [-0.4, -0.2) is 56.8 Å². The molecule has 3 aromatic heterocycles. The number of carbonyl (C=O) groups is 1. The molecule has 0 atom stereocenters. The average Bonchev–Trinajstić information content (AvgIpc) is 3.24. The third-order valence-electron chi connectivity index (χ3n) is 4.76. The van der Waals surface area contributed by atoms with Crippen LogP contribution in [0.2, 0.25) is 0 Å². The molecule has 3 aromatic rings. The van der Waals surface area contributed by atoms with Gasteiger partial charge in [-0.3, -0.25) is 9.58 Å². The van der Waals surface area contributed by atoms with Gasteiger partial charge in [-0.05, 0) is 35.4 Å². The van der Waals surface area contributed by atoms with E-state index in [0.717, 1.165) is 49.5 Å². The average molecular weight is 370 g/mol. The Morgan fingerprint density at radius 1 is 1.31 bits per heavy atom. The minimum atomic E-state index is -0.0668. The van der Waals surface area contributed by atoms with Crippen LogP contribution in [0.4, 0.5) is 10.5 Å². The van der Waals surface area contributed by atoms with Crippen LogP contribution >= 0.6 is 11.3 Å².